The van der Waals surface area contributed by atoms with E-state index in [2.05, 4.69) is 135 Å². The van der Waals surface area contributed by atoms with Gasteiger partial charge < -0.3 is 14.6 Å². The van der Waals surface area contributed by atoms with Crippen LogP contribution in [-0.2, 0) is 19.1 Å². The Kier molecular flexibility index (Phi) is 64.4. The van der Waals surface area contributed by atoms with E-state index in [9.17, 15) is 14.7 Å². The van der Waals surface area contributed by atoms with E-state index in [0.29, 0.717) is 12.8 Å². The maximum absolute atomic E-state index is 12.3. The summed E-state index contributed by atoms with van der Waals surface area (Å²) < 4.78 is 10.7. The molecule has 5 heteroatoms. The highest BCUT2D eigenvalue weighted by atomic mass is 16.6. The lowest BCUT2D eigenvalue weighted by Crippen LogP contribution is -2.28. The highest BCUT2D eigenvalue weighted by Crippen LogP contribution is 2.17. The lowest BCUT2D eigenvalue weighted by molar-refractivity contribution is -0.161. The van der Waals surface area contributed by atoms with Gasteiger partial charge in [-0.3, -0.25) is 9.59 Å². The van der Waals surface area contributed by atoms with E-state index < -0.39 is 6.10 Å². The van der Waals surface area contributed by atoms with Gasteiger partial charge >= 0.3 is 11.9 Å². The average Bonchev–Trinajstić information content (AvgIpc) is 3.44. The number of aliphatic hydroxyl groups excluding tert-OH is 1. The second kappa shape index (κ2) is 67.6. The molecule has 0 aliphatic carbocycles. The molecular weight excluding hydrogens is 957 g/mol. The molecule has 1 unspecified atom stereocenters. The normalized spacial score (nSPS) is 13.0. The molecule has 0 bridgehead atoms. The molecule has 0 aromatic carbocycles. The van der Waals surface area contributed by atoms with E-state index in [0.717, 1.165) is 116 Å². The molecule has 0 spiro atoms. The summed E-state index contributed by atoms with van der Waals surface area (Å²) in [6, 6.07) is 0. The predicted octanol–water partition coefficient (Wildman–Crippen LogP) is 23.0. The fourth-order valence-corrected chi connectivity index (χ4v) is 9.31. The molecule has 446 valence electrons. The summed E-state index contributed by atoms with van der Waals surface area (Å²) in [6.45, 7) is 4.02. The lowest BCUT2D eigenvalue weighted by atomic mass is 10.0. The molecule has 0 rings (SSSR count). The molecule has 0 amide bonds. The van der Waals surface area contributed by atoms with E-state index >= 15 is 0 Å². The van der Waals surface area contributed by atoms with Crippen LogP contribution in [0.25, 0.3) is 0 Å². The van der Waals surface area contributed by atoms with Crippen LogP contribution in [0.5, 0.6) is 0 Å². The highest BCUT2D eigenvalue weighted by Gasteiger charge is 2.16. The molecule has 1 N–H and O–H groups in total. The number of unbranched alkanes of at least 4 members (excludes halogenated alkanes) is 32. The zero-order valence-corrected chi connectivity index (χ0v) is 51.1. The topological polar surface area (TPSA) is 72.8 Å². The Morgan fingerprint density at radius 3 is 0.833 bits per heavy atom. The smallest absolute Gasteiger partial charge is 0.306 e. The number of allylic oxidation sites excluding steroid dienone is 20. The molecule has 0 fully saturated rings. The molecule has 0 aliphatic heterocycles. The monoisotopic (exact) mass is 1080 g/mol. The van der Waals surface area contributed by atoms with Crippen LogP contribution < -0.4 is 0 Å². The standard InChI is InChI=1S/C73H124O5/c1-3-5-7-9-11-13-15-17-19-21-23-25-27-29-31-32-33-34-35-36-37-38-39-40-42-43-45-47-49-51-53-55-57-59-61-63-65-67-72(75)77-70-71(69-74)78-73(76)68-66-64-62-60-58-56-54-52-50-48-46-44-41-30-28-26-24-22-20-18-16-14-12-10-8-6-4-2/h6,8,12,14-15,17-18,20-21,23-24,26-27,29-30,41,46,48,52,54,71,74H,3-5,7,9-11,13,16,19,22,25,28,31-40,42-45,47,49-51,53,55-70H2,1-2H3/b8-6-,14-12-,17-15-,20-18-,23-21-,26-24-,29-27-,41-30-,48-46-,54-52-. The first-order chi connectivity index (χ1) is 38.6. The summed E-state index contributed by atoms with van der Waals surface area (Å²) in [6.07, 6.45) is 99.2. The number of carbonyl (C=O) groups is 2. The number of hydrogen-bond donors (Lipinski definition) is 1. The molecule has 0 aromatic rings. The van der Waals surface area contributed by atoms with Crippen molar-refractivity contribution in [3.63, 3.8) is 0 Å². The zero-order chi connectivity index (χ0) is 56.2. The van der Waals surface area contributed by atoms with Gasteiger partial charge in [0.05, 0.1) is 6.61 Å². The van der Waals surface area contributed by atoms with Crippen LogP contribution in [0.2, 0.25) is 0 Å². The van der Waals surface area contributed by atoms with Crippen LogP contribution in [0.4, 0.5) is 0 Å². The predicted molar refractivity (Wildman–Crippen MR) is 343 cm³/mol. The van der Waals surface area contributed by atoms with Crippen LogP contribution in [0.15, 0.2) is 122 Å². The first kappa shape index (κ1) is 74.3. The third-order valence-electron chi connectivity index (χ3n) is 14.2. The molecule has 0 aromatic heterocycles. The van der Waals surface area contributed by atoms with Crippen molar-refractivity contribution in [1.82, 2.24) is 0 Å². The van der Waals surface area contributed by atoms with E-state index in [1.54, 1.807) is 0 Å². The van der Waals surface area contributed by atoms with Crippen LogP contribution in [0.3, 0.4) is 0 Å². The largest absolute Gasteiger partial charge is 0.462 e. The second-order valence-corrected chi connectivity index (χ2v) is 21.8. The van der Waals surface area contributed by atoms with E-state index in [-0.39, 0.29) is 25.2 Å². The van der Waals surface area contributed by atoms with Crippen LogP contribution in [-0.4, -0.2) is 36.4 Å². The van der Waals surface area contributed by atoms with Crippen molar-refractivity contribution in [2.45, 2.75) is 315 Å². The van der Waals surface area contributed by atoms with Gasteiger partial charge in [0, 0.05) is 12.8 Å². The van der Waals surface area contributed by atoms with Crippen LogP contribution in [0, 0.1) is 0 Å². The van der Waals surface area contributed by atoms with Gasteiger partial charge in [0.25, 0.3) is 0 Å². The minimum atomic E-state index is -0.791. The third kappa shape index (κ3) is 64.8. The highest BCUT2D eigenvalue weighted by molar-refractivity contribution is 5.70. The van der Waals surface area contributed by atoms with Crippen molar-refractivity contribution in [3.8, 4) is 0 Å². The molecule has 1 atom stereocenters. The molecule has 0 saturated carbocycles. The Bertz CT molecular complexity index is 1550. The molecule has 0 heterocycles. The number of carbonyl (C=O) groups excluding carboxylic acids is 2. The van der Waals surface area contributed by atoms with E-state index in [1.165, 1.54) is 167 Å². The van der Waals surface area contributed by atoms with Gasteiger partial charge in [-0.05, 0) is 109 Å². The van der Waals surface area contributed by atoms with E-state index in [4.69, 9.17) is 9.47 Å². The van der Waals surface area contributed by atoms with Gasteiger partial charge in [-0.2, -0.15) is 0 Å². The van der Waals surface area contributed by atoms with Crippen LogP contribution >= 0.6 is 0 Å². The van der Waals surface area contributed by atoms with Crippen molar-refractivity contribution in [2.75, 3.05) is 13.2 Å². The maximum atomic E-state index is 12.3. The molecule has 0 radical (unpaired) electrons. The molecule has 5 nitrogen and oxygen atoms in total. The summed E-state index contributed by atoms with van der Waals surface area (Å²) in [7, 11) is 0. The first-order valence-electron chi connectivity index (χ1n) is 33.1. The fourth-order valence-electron chi connectivity index (χ4n) is 9.31. The average molecular weight is 1080 g/mol. The van der Waals surface area contributed by atoms with Crippen LogP contribution in [0.1, 0.15) is 309 Å². The zero-order valence-electron chi connectivity index (χ0n) is 51.1. The van der Waals surface area contributed by atoms with Crippen molar-refractivity contribution < 1.29 is 24.2 Å². The Balaban J connectivity index is 3.50. The van der Waals surface area contributed by atoms with Gasteiger partial charge in [-0.1, -0.05) is 309 Å². The second-order valence-electron chi connectivity index (χ2n) is 21.8. The van der Waals surface area contributed by atoms with Gasteiger partial charge in [-0.25, -0.2) is 0 Å². The van der Waals surface area contributed by atoms with Gasteiger partial charge in [0.15, 0.2) is 6.10 Å². The maximum Gasteiger partial charge on any atom is 0.306 e. The Labute approximate surface area is 483 Å². The summed E-state index contributed by atoms with van der Waals surface area (Å²) in [5.41, 5.74) is 0. The van der Waals surface area contributed by atoms with Gasteiger partial charge in [-0.15, -0.1) is 0 Å². The fraction of sp³-hybridized carbons (Fsp3) is 0.699. The first-order valence-corrected chi connectivity index (χ1v) is 33.1. The summed E-state index contributed by atoms with van der Waals surface area (Å²) in [4.78, 5) is 24.6. The number of hydrogen-bond acceptors (Lipinski definition) is 5. The summed E-state index contributed by atoms with van der Waals surface area (Å²) >= 11 is 0. The van der Waals surface area contributed by atoms with Gasteiger partial charge in [0.1, 0.15) is 6.61 Å². The van der Waals surface area contributed by atoms with E-state index in [1.807, 2.05) is 0 Å². The van der Waals surface area contributed by atoms with Crippen molar-refractivity contribution in [1.29, 1.82) is 0 Å². The molecule has 0 saturated heterocycles. The Morgan fingerprint density at radius 2 is 0.551 bits per heavy atom. The minimum absolute atomic E-state index is 0.0781. The number of rotatable bonds is 60. The molecular formula is C73H124O5. The lowest BCUT2D eigenvalue weighted by Gasteiger charge is -2.15. The quantitative estimate of drug-likeness (QED) is 0.0373. The minimum Gasteiger partial charge on any atom is -0.462 e. The van der Waals surface area contributed by atoms with Crippen molar-refractivity contribution in [3.05, 3.63) is 122 Å². The SMILES string of the molecule is CC/C=C\C/C=C\C/C=C\C/C=C\C/C=C\C/C=C\C/C=C\CCCCCCCC(=O)OC(CO)COC(=O)CCCCCCCCCCCCCCCCCCCCCCCC/C=C\C/C=C\C/C=C\CCCCCCC. The Hall–Kier alpha value is -3.70. The molecule has 0 aliphatic rings. The summed E-state index contributed by atoms with van der Waals surface area (Å²) in [5.74, 6) is -0.609. The molecule has 78 heavy (non-hydrogen) atoms. The third-order valence-corrected chi connectivity index (χ3v) is 14.2. The van der Waals surface area contributed by atoms with Gasteiger partial charge in [0.2, 0.25) is 0 Å². The van der Waals surface area contributed by atoms with Crippen molar-refractivity contribution in [2.24, 2.45) is 0 Å². The number of aliphatic hydroxyl groups is 1. The summed E-state index contributed by atoms with van der Waals surface area (Å²) in [5, 5.41) is 9.68. The number of esters is 2. The van der Waals surface area contributed by atoms with Crippen molar-refractivity contribution >= 4 is 11.9 Å². The Morgan fingerprint density at radius 1 is 0.308 bits per heavy atom. The number of ether oxygens (including phenoxy) is 2.